The molecule has 0 bridgehead atoms. The van der Waals surface area contributed by atoms with E-state index in [1.54, 1.807) is 32.4 Å². The van der Waals surface area contributed by atoms with Crippen LogP contribution in [0.4, 0.5) is 0 Å². The van der Waals surface area contributed by atoms with E-state index in [9.17, 15) is 4.79 Å². The third-order valence-electron chi connectivity index (χ3n) is 4.05. The minimum atomic E-state index is -0.339. The molecule has 0 aromatic heterocycles. The third-order valence-corrected chi connectivity index (χ3v) is 4.05. The van der Waals surface area contributed by atoms with Gasteiger partial charge in [0, 0.05) is 11.6 Å². The summed E-state index contributed by atoms with van der Waals surface area (Å²) in [6.07, 6.45) is 1.51. The molecular formula is C20H24N2O4. The summed E-state index contributed by atoms with van der Waals surface area (Å²) in [4.78, 5) is 12.0. The number of carbonyl (C=O) groups is 1. The van der Waals surface area contributed by atoms with E-state index >= 15 is 0 Å². The molecule has 26 heavy (non-hydrogen) atoms. The molecule has 2 aromatic rings. The van der Waals surface area contributed by atoms with Gasteiger partial charge in [0.25, 0.3) is 5.91 Å². The van der Waals surface area contributed by atoms with Crippen LogP contribution >= 0.6 is 0 Å². The van der Waals surface area contributed by atoms with Gasteiger partial charge in [-0.05, 0) is 49.6 Å². The first kappa shape index (κ1) is 19.3. The molecule has 2 rings (SSSR count). The van der Waals surface area contributed by atoms with Gasteiger partial charge in [-0.2, -0.15) is 5.10 Å². The molecule has 0 heterocycles. The molecule has 0 radical (unpaired) electrons. The van der Waals surface area contributed by atoms with E-state index in [-0.39, 0.29) is 12.5 Å². The van der Waals surface area contributed by atoms with Crippen molar-refractivity contribution in [1.82, 2.24) is 5.43 Å². The molecule has 1 amide bonds. The minimum absolute atomic E-state index is 0.109. The van der Waals surface area contributed by atoms with Gasteiger partial charge >= 0.3 is 0 Å². The first-order valence-corrected chi connectivity index (χ1v) is 8.19. The summed E-state index contributed by atoms with van der Waals surface area (Å²) in [5, 5.41) is 3.95. The Kier molecular flexibility index (Phi) is 6.60. The van der Waals surface area contributed by atoms with Crippen molar-refractivity contribution in [3.05, 3.63) is 52.6 Å². The molecule has 0 unspecified atom stereocenters. The van der Waals surface area contributed by atoms with Gasteiger partial charge in [0.1, 0.15) is 17.2 Å². The Morgan fingerprint density at radius 3 is 2.50 bits per heavy atom. The molecule has 0 spiro atoms. The molecule has 0 fully saturated rings. The highest BCUT2D eigenvalue weighted by Crippen LogP contribution is 2.25. The lowest BCUT2D eigenvalue weighted by Gasteiger charge is -2.13. The van der Waals surface area contributed by atoms with Gasteiger partial charge in [0.15, 0.2) is 6.61 Å². The summed E-state index contributed by atoms with van der Waals surface area (Å²) >= 11 is 0. The van der Waals surface area contributed by atoms with Crippen LogP contribution in [-0.2, 0) is 4.79 Å². The number of ether oxygens (including phenoxy) is 3. The van der Waals surface area contributed by atoms with Crippen LogP contribution in [0.15, 0.2) is 35.4 Å². The number of hydrogen-bond acceptors (Lipinski definition) is 5. The second-order valence-corrected chi connectivity index (χ2v) is 5.84. The summed E-state index contributed by atoms with van der Waals surface area (Å²) < 4.78 is 16.1. The number of hydrogen-bond donors (Lipinski definition) is 1. The number of rotatable bonds is 7. The summed E-state index contributed by atoms with van der Waals surface area (Å²) in [7, 11) is 3.14. The van der Waals surface area contributed by atoms with E-state index in [0.717, 1.165) is 28.0 Å². The molecule has 0 saturated carbocycles. The lowest BCUT2D eigenvalue weighted by atomic mass is 10.1. The normalized spacial score (nSPS) is 10.7. The van der Waals surface area contributed by atoms with Gasteiger partial charge in [-0.1, -0.05) is 12.1 Å². The molecule has 0 aliphatic carbocycles. The Bertz CT molecular complexity index is 816. The maximum Gasteiger partial charge on any atom is 0.277 e. The van der Waals surface area contributed by atoms with Crippen molar-refractivity contribution >= 4 is 12.1 Å². The number of nitrogens with zero attached hydrogens (tertiary/aromatic N) is 1. The molecule has 138 valence electrons. The van der Waals surface area contributed by atoms with Crippen molar-refractivity contribution in [3.8, 4) is 17.2 Å². The monoisotopic (exact) mass is 356 g/mol. The van der Waals surface area contributed by atoms with Crippen molar-refractivity contribution < 1.29 is 19.0 Å². The Morgan fingerprint density at radius 2 is 1.81 bits per heavy atom. The van der Waals surface area contributed by atoms with Gasteiger partial charge in [-0.25, -0.2) is 5.43 Å². The van der Waals surface area contributed by atoms with Crippen molar-refractivity contribution in [3.63, 3.8) is 0 Å². The van der Waals surface area contributed by atoms with Crippen LogP contribution in [0, 0.1) is 20.8 Å². The first-order chi connectivity index (χ1) is 12.5. The molecule has 6 nitrogen and oxygen atoms in total. The Balaban J connectivity index is 1.95. The standard InChI is InChI=1S/C20H24N2O4/c1-13-6-7-14(2)20(15(13)3)26-12-19(23)22-21-11-16-8-9-17(24-4)10-18(16)25-5/h6-11H,12H2,1-5H3,(H,22,23). The Morgan fingerprint density at radius 1 is 1.08 bits per heavy atom. The number of carbonyl (C=O) groups excluding carboxylic acids is 1. The zero-order valence-electron chi connectivity index (χ0n) is 15.8. The van der Waals surface area contributed by atoms with Gasteiger partial charge in [0.2, 0.25) is 0 Å². The van der Waals surface area contributed by atoms with Gasteiger partial charge < -0.3 is 14.2 Å². The summed E-state index contributed by atoms with van der Waals surface area (Å²) in [5.41, 5.74) is 6.32. The van der Waals surface area contributed by atoms with Crippen LogP contribution < -0.4 is 19.6 Å². The van der Waals surface area contributed by atoms with Gasteiger partial charge in [0.05, 0.1) is 20.4 Å². The second kappa shape index (κ2) is 8.89. The molecule has 0 atom stereocenters. The number of benzene rings is 2. The van der Waals surface area contributed by atoms with E-state index in [1.807, 2.05) is 32.9 Å². The number of hydrazone groups is 1. The largest absolute Gasteiger partial charge is 0.497 e. The fraction of sp³-hybridized carbons (Fsp3) is 0.300. The van der Waals surface area contributed by atoms with Crippen LogP contribution in [0.2, 0.25) is 0 Å². The third kappa shape index (κ3) is 4.75. The number of amides is 1. The molecule has 6 heteroatoms. The quantitative estimate of drug-likeness (QED) is 0.611. The summed E-state index contributed by atoms with van der Waals surface area (Å²) in [5.74, 6) is 1.68. The van der Waals surface area contributed by atoms with E-state index in [0.29, 0.717) is 11.5 Å². The molecular weight excluding hydrogens is 332 g/mol. The lowest BCUT2D eigenvalue weighted by Crippen LogP contribution is -2.25. The predicted molar refractivity (Wildman–Crippen MR) is 101 cm³/mol. The van der Waals surface area contributed by atoms with E-state index in [1.165, 1.54) is 6.21 Å². The maximum atomic E-state index is 12.0. The maximum absolute atomic E-state index is 12.0. The van der Waals surface area contributed by atoms with E-state index < -0.39 is 0 Å². The van der Waals surface area contributed by atoms with Crippen molar-refractivity contribution in [2.75, 3.05) is 20.8 Å². The molecule has 2 aromatic carbocycles. The highest BCUT2D eigenvalue weighted by Gasteiger charge is 2.09. The van der Waals surface area contributed by atoms with Gasteiger partial charge in [-0.15, -0.1) is 0 Å². The SMILES string of the molecule is COc1ccc(C=NNC(=O)COc2c(C)ccc(C)c2C)c(OC)c1. The highest BCUT2D eigenvalue weighted by molar-refractivity contribution is 5.85. The predicted octanol–water partition coefficient (Wildman–Crippen LogP) is 3.16. The molecule has 1 N–H and O–H groups in total. The molecule has 0 saturated heterocycles. The van der Waals surface area contributed by atoms with Crippen LogP contribution in [0.25, 0.3) is 0 Å². The van der Waals surface area contributed by atoms with Crippen molar-refractivity contribution in [1.29, 1.82) is 0 Å². The second-order valence-electron chi connectivity index (χ2n) is 5.84. The van der Waals surface area contributed by atoms with E-state index in [4.69, 9.17) is 14.2 Å². The average Bonchev–Trinajstić information content (AvgIpc) is 2.65. The lowest BCUT2D eigenvalue weighted by molar-refractivity contribution is -0.123. The number of nitrogens with one attached hydrogen (secondary N) is 1. The van der Waals surface area contributed by atoms with Crippen LogP contribution in [0.1, 0.15) is 22.3 Å². The zero-order valence-corrected chi connectivity index (χ0v) is 15.8. The van der Waals surface area contributed by atoms with Crippen LogP contribution in [-0.4, -0.2) is 32.9 Å². The fourth-order valence-corrected chi connectivity index (χ4v) is 2.42. The summed E-state index contributed by atoms with van der Waals surface area (Å²) in [6, 6.07) is 9.34. The van der Waals surface area contributed by atoms with Gasteiger partial charge in [-0.3, -0.25) is 4.79 Å². The fourth-order valence-electron chi connectivity index (χ4n) is 2.42. The van der Waals surface area contributed by atoms with Crippen molar-refractivity contribution in [2.24, 2.45) is 5.10 Å². The Labute approximate surface area is 153 Å². The molecule has 0 aliphatic heterocycles. The Hall–Kier alpha value is -3.02. The molecule has 0 aliphatic rings. The topological polar surface area (TPSA) is 69.2 Å². The minimum Gasteiger partial charge on any atom is -0.497 e. The van der Waals surface area contributed by atoms with Crippen LogP contribution in [0.3, 0.4) is 0 Å². The number of methoxy groups -OCH3 is 2. The van der Waals surface area contributed by atoms with E-state index in [2.05, 4.69) is 10.5 Å². The van der Waals surface area contributed by atoms with Crippen molar-refractivity contribution in [2.45, 2.75) is 20.8 Å². The van der Waals surface area contributed by atoms with Crippen LogP contribution in [0.5, 0.6) is 17.2 Å². The summed E-state index contributed by atoms with van der Waals surface area (Å²) in [6.45, 7) is 5.83. The highest BCUT2D eigenvalue weighted by atomic mass is 16.5. The average molecular weight is 356 g/mol. The zero-order chi connectivity index (χ0) is 19.1. The number of aryl methyl sites for hydroxylation is 2. The first-order valence-electron chi connectivity index (χ1n) is 8.19. The smallest absolute Gasteiger partial charge is 0.277 e.